The minimum Gasteiger partial charge on any atom is -0.463 e. The highest BCUT2D eigenvalue weighted by Crippen LogP contribution is 2.37. The Bertz CT molecular complexity index is 2730. The molecule has 2 aromatic heterocycles. The van der Waals surface area contributed by atoms with Crippen LogP contribution in [0.4, 0.5) is 0 Å². The SMILES string of the molecule is CC(=O)OC[C@H]1O[C@@H](n2cc(CNC(=O)[C@H]3O[C@@H](n4cc(CNC(=O)[C@H]5O[C@@H](OC(C)=O)[C@H](OC(C)=O)[C@@H](OC(C)=O)[C@@H]5OC(C)=O)nn4)[C@H](OC(C)=O)[C@@H](OC(C)=O)[C@@H]3OC(C)=O)nn2)[C@H](OC(C)=O)[C@@H](OC(C)=O)[C@@H]1OC(C)=O. The summed E-state index contributed by atoms with van der Waals surface area (Å²) >= 11 is 0. The fraction of sp³-hybridized carbons (Fsp3) is 0.630. The summed E-state index contributed by atoms with van der Waals surface area (Å²) in [4.78, 5) is 164. The van der Waals surface area contributed by atoms with Gasteiger partial charge in [-0.1, -0.05) is 10.4 Å². The van der Waals surface area contributed by atoms with Crippen LogP contribution in [-0.4, -0.2) is 194 Å². The molecule has 35 heteroatoms. The lowest BCUT2D eigenvalue weighted by molar-refractivity contribution is -0.290. The molecule has 2 aromatic rings. The Kier molecular flexibility index (Phi) is 21.8. The van der Waals surface area contributed by atoms with Gasteiger partial charge in [0.25, 0.3) is 11.8 Å². The van der Waals surface area contributed by atoms with E-state index >= 15 is 0 Å². The van der Waals surface area contributed by atoms with Crippen molar-refractivity contribution in [1.82, 2.24) is 40.6 Å². The third kappa shape index (κ3) is 17.4. The molecule has 2 N–H and O–H groups in total. The first kappa shape index (κ1) is 63.1. The molecule has 2 amide bonds. The monoisotopic (exact) mass is 1150 g/mol. The van der Waals surface area contributed by atoms with Crippen molar-refractivity contribution in [2.45, 2.75) is 181 Å². The summed E-state index contributed by atoms with van der Waals surface area (Å²) in [6.45, 7) is 9.26. The minimum atomic E-state index is -1.97. The van der Waals surface area contributed by atoms with E-state index in [2.05, 4.69) is 31.3 Å². The Balaban J connectivity index is 1.44. The first-order valence-electron chi connectivity index (χ1n) is 24.2. The van der Waals surface area contributed by atoms with Crippen molar-refractivity contribution in [2.75, 3.05) is 6.61 Å². The number of rotatable bonds is 20. The van der Waals surface area contributed by atoms with Gasteiger partial charge in [0.2, 0.25) is 12.4 Å². The first-order chi connectivity index (χ1) is 38.0. The second-order valence-electron chi connectivity index (χ2n) is 17.8. The fourth-order valence-electron chi connectivity index (χ4n) is 8.47. The molecule has 0 spiro atoms. The Hall–Kier alpha value is -8.73. The van der Waals surface area contributed by atoms with E-state index in [4.69, 9.17) is 66.3 Å². The smallest absolute Gasteiger partial charge is 0.305 e. The lowest BCUT2D eigenvalue weighted by Crippen LogP contribution is -2.65. The molecule has 81 heavy (non-hydrogen) atoms. The molecule has 0 bridgehead atoms. The number of carbonyl (C=O) groups excluding carboxylic acids is 13. The minimum absolute atomic E-state index is 0.0595. The van der Waals surface area contributed by atoms with Gasteiger partial charge in [-0.3, -0.25) is 62.3 Å². The number of esters is 11. The largest absolute Gasteiger partial charge is 0.463 e. The summed E-state index contributed by atoms with van der Waals surface area (Å²) in [6.07, 6.45) is -23.6. The Morgan fingerprint density at radius 1 is 0.395 bits per heavy atom. The van der Waals surface area contributed by atoms with Crippen LogP contribution in [0.1, 0.15) is 100 Å². The van der Waals surface area contributed by atoms with Crippen molar-refractivity contribution >= 4 is 77.5 Å². The summed E-state index contributed by atoms with van der Waals surface area (Å²) in [5.74, 6) is -12.6. The number of nitrogens with one attached hydrogen (secondary N) is 2. The summed E-state index contributed by atoms with van der Waals surface area (Å²) in [5, 5.41) is 21.0. The summed E-state index contributed by atoms with van der Waals surface area (Å²) < 4.78 is 78.9. The zero-order valence-corrected chi connectivity index (χ0v) is 45.1. The Labute approximate surface area is 457 Å². The summed E-state index contributed by atoms with van der Waals surface area (Å²) in [7, 11) is 0. The van der Waals surface area contributed by atoms with E-state index in [0.717, 1.165) is 91.7 Å². The molecular formula is C46H58N8O27. The van der Waals surface area contributed by atoms with Gasteiger partial charge in [0.1, 0.15) is 24.1 Å². The normalized spacial score (nSPS) is 27.7. The van der Waals surface area contributed by atoms with Gasteiger partial charge >= 0.3 is 65.7 Å². The molecule has 3 saturated heterocycles. The van der Waals surface area contributed by atoms with Crippen LogP contribution in [0, 0.1) is 0 Å². The number of nitrogens with zero attached hydrogens (tertiary/aromatic N) is 6. The van der Waals surface area contributed by atoms with E-state index in [1.54, 1.807) is 0 Å². The Morgan fingerprint density at radius 2 is 0.716 bits per heavy atom. The maximum atomic E-state index is 14.3. The number of hydrogen-bond acceptors (Lipinski definition) is 31. The lowest BCUT2D eigenvalue weighted by atomic mass is 9.96. The Morgan fingerprint density at radius 3 is 1.11 bits per heavy atom. The van der Waals surface area contributed by atoms with Crippen molar-refractivity contribution in [3.05, 3.63) is 23.8 Å². The van der Waals surface area contributed by atoms with Gasteiger partial charge in [-0.05, 0) is 0 Å². The standard InChI is InChI=1S/C46H58N8O27/c1-17(55)68-16-30-31(69-18(2)56)32(70-19(3)57)39(75-24(8)62)44(79-30)53-14-28(49-51-53)12-47-42(66)37-33(71-20(4)58)35(73-22(6)60)40(76-25(9)63)45(80-37)54-15-29(50-52-54)13-48-43(67)38-34(72-21(5)59)36(74-23(7)61)41(77-26(10)64)46(81-38)78-27(11)65/h14-15,30-41,44-46H,12-13,16H2,1-11H3,(H,47,66)(H,48,67)/t30-,31-,32+,33+,34+,35+,36+,37+,38+,39-,40-,41-,44-,45-,46-/m1/s1. The van der Waals surface area contributed by atoms with Crippen LogP contribution in [-0.2, 0) is 142 Å². The topological polar surface area (TPSA) is 437 Å². The lowest BCUT2D eigenvalue weighted by Gasteiger charge is -2.44. The quantitative estimate of drug-likeness (QED) is 0.0975. The highest BCUT2D eigenvalue weighted by Gasteiger charge is 2.58. The van der Waals surface area contributed by atoms with Gasteiger partial charge in [0.05, 0.1) is 25.5 Å². The molecule has 5 heterocycles. The van der Waals surface area contributed by atoms with Crippen LogP contribution in [0.25, 0.3) is 0 Å². The molecule has 0 unspecified atom stereocenters. The predicted octanol–water partition coefficient (Wildman–Crippen LogP) is -3.17. The molecule has 0 aromatic carbocycles. The van der Waals surface area contributed by atoms with Crippen molar-refractivity contribution < 1.29 is 129 Å². The van der Waals surface area contributed by atoms with E-state index in [0.29, 0.717) is 0 Å². The van der Waals surface area contributed by atoms with E-state index in [9.17, 15) is 62.3 Å². The molecule has 444 valence electrons. The number of amides is 2. The average Bonchev–Trinajstić information content (AvgIpc) is 4.14. The zero-order valence-electron chi connectivity index (χ0n) is 45.1. The van der Waals surface area contributed by atoms with Gasteiger partial charge in [0.15, 0.2) is 73.5 Å². The van der Waals surface area contributed by atoms with Crippen LogP contribution < -0.4 is 10.6 Å². The molecular weight excluding hydrogens is 1100 g/mol. The number of aromatic nitrogens is 6. The highest BCUT2D eigenvalue weighted by molar-refractivity contribution is 5.83. The maximum Gasteiger partial charge on any atom is 0.305 e. The van der Waals surface area contributed by atoms with E-state index in [1.807, 2.05) is 0 Å². The summed E-state index contributed by atoms with van der Waals surface area (Å²) in [5.41, 5.74) is -0.179. The molecule has 0 aliphatic carbocycles. The number of ether oxygens (including phenoxy) is 14. The van der Waals surface area contributed by atoms with Gasteiger partial charge < -0.3 is 76.9 Å². The van der Waals surface area contributed by atoms with Crippen molar-refractivity contribution in [3.8, 4) is 0 Å². The van der Waals surface area contributed by atoms with Gasteiger partial charge in [-0.15, -0.1) is 10.2 Å². The van der Waals surface area contributed by atoms with Crippen molar-refractivity contribution in [1.29, 1.82) is 0 Å². The fourth-order valence-corrected chi connectivity index (χ4v) is 8.47. The molecule has 3 aliphatic rings. The molecule has 0 saturated carbocycles. The van der Waals surface area contributed by atoms with E-state index in [1.165, 1.54) is 6.20 Å². The van der Waals surface area contributed by atoms with Crippen molar-refractivity contribution in [3.63, 3.8) is 0 Å². The van der Waals surface area contributed by atoms with Crippen LogP contribution in [0.5, 0.6) is 0 Å². The van der Waals surface area contributed by atoms with E-state index < -0.39 is 189 Å². The van der Waals surface area contributed by atoms with E-state index in [-0.39, 0.29) is 11.4 Å². The van der Waals surface area contributed by atoms with Gasteiger partial charge in [-0.2, -0.15) is 0 Å². The maximum absolute atomic E-state index is 14.3. The zero-order chi connectivity index (χ0) is 60.2. The molecule has 0 radical (unpaired) electrons. The average molecular weight is 1150 g/mol. The second kappa shape index (κ2) is 27.9. The van der Waals surface area contributed by atoms with Crippen LogP contribution >= 0.6 is 0 Å². The third-order valence-corrected chi connectivity index (χ3v) is 11.1. The molecule has 3 aliphatic heterocycles. The van der Waals surface area contributed by atoms with Gasteiger partial charge in [0, 0.05) is 76.2 Å². The van der Waals surface area contributed by atoms with Crippen molar-refractivity contribution in [2.24, 2.45) is 0 Å². The number of carbonyl (C=O) groups is 13. The highest BCUT2D eigenvalue weighted by atomic mass is 16.7. The predicted molar refractivity (Wildman–Crippen MR) is 249 cm³/mol. The van der Waals surface area contributed by atoms with Gasteiger partial charge in [-0.25, -0.2) is 9.36 Å². The molecule has 35 nitrogen and oxygen atoms in total. The second-order valence-corrected chi connectivity index (χ2v) is 17.8. The van der Waals surface area contributed by atoms with Crippen LogP contribution in [0.15, 0.2) is 12.4 Å². The third-order valence-electron chi connectivity index (χ3n) is 11.1. The van der Waals surface area contributed by atoms with Crippen LogP contribution in [0.2, 0.25) is 0 Å². The molecule has 15 atom stereocenters. The van der Waals surface area contributed by atoms with Crippen LogP contribution in [0.3, 0.4) is 0 Å². The molecule has 3 fully saturated rings. The molecule has 5 rings (SSSR count). The first-order valence-corrected chi connectivity index (χ1v) is 24.2. The number of hydrogen-bond donors (Lipinski definition) is 2. The summed E-state index contributed by atoms with van der Waals surface area (Å²) in [6, 6.07) is 0.